The quantitative estimate of drug-likeness (QED) is 0.329. The zero-order valence-electron chi connectivity index (χ0n) is 21.2. The van der Waals surface area contributed by atoms with Crippen LogP contribution in [0.5, 0.6) is 0 Å². The summed E-state index contributed by atoms with van der Waals surface area (Å²) in [6.45, 7) is 3.61. The molecule has 6 nitrogen and oxygen atoms in total. The van der Waals surface area contributed by atoms with Crippen molar-refractivity contribution >= 4 is 0 Å². The first kappa shape index (κ1) is 27.2. The van der Waals surface area contributed by atoms with Crippen LogP contribution in [-0.2, 0) is 43.5 Å². The highest BCUT2D eigenvalue weighted by molar-refractivity contribution is 5.15. The summed E-state index contributed by atoms with van der Waals surface area (Å²) in [4.78, 5) is 0. The molecule has 1 N–H and O–H groups in total. The van der Waals surface area contributed by atoms with Crippen molar-refractivity contribution in [3.8, 4) is 0 Å². The molecule has 0 saturated carbocycles. The maximum Gasteiger partial charge on any atom is 0.187 e. The van der Waals surface area contributed by atoms with Crippen LogP contribution in [-0.4, -0.2) is 49.0 Å². The largest absolute Gasteiger partial charge is 0.385 e. The van der Waals surface area contributed by atoms with Crippen molar-refractivity contribution in [1.29, 1.82) is 0 Å². The predicted molar refractivity (Wildman–Crippen MR) is 142 cm³/mol. The number of allylic oxidation sites excluding steroid dienone is 1. The number of ether oxygens (including phenoxy) is 5. The molecule has 1 fully saturated rings. The molecule has 196 valence electrons. The molecule has 6 heteroatoms. The summed E-state index contributed by atoms with van der Waals surface area (Å²) in [5.74, 6) is 0. The van der Waals surface area contributed by atoms with Gasteiger partial charge in [-0.15, -0.1) is 0 Å². The van der Waals surface area contributed by atoms with E-state index < -0.39 is 30.7 Å². The van der Waals surface area contributed by atoms with Gasteiger partial charge in [-0.3, -0.25) is 0 Å². The SMILES string of the molecule is C/C=C/CO[C@H]1O[C@H](COCc2ccccc2)[C@@H](OCc2ccccc2)[C@H](OCc2ccccc2)[C@H]1O. The summed E-state index contributed by atoms with van der Waals surface area (Å²) in [7, 11) is 0. The van der Waals surface area contributed by atoms with E-state index in [0.717, 1.165) is 16.7 Å². The van der Waals surface area contributed by atoms with Crippen LogP contribution in [0, 0.1) is 0 Å². The van der Waals surface area contributed by atoms with Gasteiger partial charge in [0.2, 0.25) is 0 Å². The lowest BCUT2D eigenvalue weighted by atomic mass is 9.98. The predicted octanol–water partition coefficient (Wildman–Crippen LogP) is 5.05. The van der Waals surface area contributed by atoms with Crippen molar-refractivity contribution in [2.75, 3.05) is 13.2 Å². The molecule has 0 aromatic heterocycles. The highest BCUT2D eigenvalue weighted by Gasteiger charge is 2.47. The average Bonchev–Trinajstić information content (AvgIpc) is 2.94. The molecular weight excluding hydrogens is 468 g/mol. The lowest BCUT2D eigenvalue weighted by Crippen LogP contribution is -2.61. The number of aliphatic hydroxyl groups is 1. The van der Waals surface area contributed by atoms with Crippen molar-refractivity contribution in [2.24, 2.45) is 0 Å². The number of hydrogen-bond donors (Lipinski definition) is 1. The Hall–Kier alpha value is -2.84. The van der Waals surface area contributed by atoms with Gasteiger partial charge in [0.15, 0.2) is 6.29 Å². The van der Waals surface area contributed by atoms with E-state index >= 15 is 0 Å². The molecule has 3 aromatic carbocycles. The van der Waals surface area contributed by atoms with E-state index in [4.69, 9.17) is 23.7 Å². The third kappa shape index (κ3) is 8.33. The van der Waals surface area contributed by atoms with E-state index in [1.165, 1.54) is 0 Å². The highest BCUT2D eigenvalue weighted by Crippen LogP contribution is 2.29. The summed E-state index contributed by atoms with van der Waals surface area (Å²) in [6, 6.07) is 29.8. The van der Waals surface area contributed by atoms with Gasteiger partial charge in [0.05, 0.1) is 33.0 Å². The molecule has 0 radical (unpaired) electrons. The fraction of sp³-hybridized carbons (Fsp3) is 0.355. The minimum absolute atomic E-state index is 0.260. The van der Waals surface area contributed by atoms with E-state index in [0.29, 0.717) is 26.4 Å². The van der Waals surface area contributed by atoms with Crippen LogP contribution < -0.4 is 0 Å². The molecule has 0 amide bonds. The Morgan fingerprint density at radius 3 is 1.76 bits per heavy atom. The molecule has 4 rings (SSSR count). The van der Waals surface area contributed by atoms with Gasteiger partial charge >= 0.3 is 0 Å². The molecule has 1 aliphatic heterocycles. The second-order valence-corrected chi connectivity index (χ2v) is 8.96. The van der Waals surface area contributed by atoms with Crippen LogP contribution in [0.3, 0.4) is 0 Å². The van der Waals surface area contributed by atoms with Crippen LogP contribution in [0.25, 0.3) is 0 Å². The minimum atomic E-state index is -1.04. The van der Waals surface area contributed by atoms with Gasteiger partial charge in [0, 0.05) is 0 Å². The van der Waals surface area contributed by atoms with E-state index in [1.54, 1.807) is 0 Å². The van der Waals surface area contributed by atoms with Crippen LogP contribution in [0.15, 0.2) is 103 Å². The van der Waals surface area contributed by atoms with Gasteiger partial charge in [0.25, 0.3) is 0 Å². The zero-order chi connectivity index (χ0) is 25.7. The molecule has 3 aromatic rings. The van der Waals surface area contributed by atoms with Gasteiger partial charge in [-0.2, -0.15) is 0 Å². The Balaban J connectivity index is 1.51. The van der Waals surface area contributed by atoms with Crippen molar-refractivity contribution in [1.82, 2.24) is 0 Å². The van der Waals surface area contributed by atoms with Gasteiger partial charge in [-0.25, -0.2) is 0 Å². The molecule has 0 unspecified atom stereocenters. The van der Waals surface area contributed by atoms with Crippen LogP contribution in [0.4, 0.5) is 0 Å². The first-order chi connectivity index (χ1) is 18.2. The van der Waals surface area contributed by atoms with Gasteiger partial charge < -0.3 is 28.8 Å². The third-order valence-electron chi connectivity index (χ3n) is 6.17. The van der Waals surface area contributed by atoms with E-state index in [2.05, 4.69) is 0 Å². The van der Waals surface area contributed by atoms with E-state index in [1.807, 2.05) is 110 Å². The maximum atomic E-state index is 11.3. The monoisotopic (exact) mass is 504 g/mol. The van der Waals surface area contributed by atoms with E-state index in [9.17, 15) is 5.11 Å². The minimum Gasteiger partial charge on any atom is -0.385 e. The lowest BCUT2D eigenvalue weighted by Gasteiger charge is -2.44. The molecule has 1 aliphatic rings. The van der Waals surface area contributed by atoms with Crippen molar-refractivity contribution in [3.63, 3.8) is 0 Å². The Bertz CT molecular complexity index is 1040. The van der Waals surface area contributed by atoms with Crippen molar-refractivity contribution in [2.45, 2.75) is 57.5 Å². The van der Waals surface area contributed by atoms with Crippen LogP contribution >= 0.6 is 0 Å². The van der Waals surface area contributed by atoms with Crippen molar-refractivity contribution < 1.29 is 28.8 Å². The molecule has 1 heterocycles. The summed E-state index contributed by atoms with van der Waals surface area (Å²) in [5.41, 5.74) is 3.10. The molecule has 5 atom stereocenters. The molecule has 37 heavy (non-hydrogen) atoms. The van der Waals surface area contributed by atoms with Crippen LogP contribution in [0.1, 0.15) is 23.6 Å². The average molecular weight is 505 g/mol. The first-order valence-electron chi connectivity index (χ1n) is 12.7. The fourth-order valence-electron chi connectivity index (χ4n) is 4.21. The topological polar surface area (TPSA) is 66.4 Å². The van der Waals surface area contributed by atoms with Gasteiger partial charge in [0.1, 0.15) is 24.4 Å². The summed E-state index contributed by atoms with van der Waals surface area (Å²) in [5, 5.41) is 11.3. The Morgan fingerprint density at radius 2 is 1.22 bits per heavy atom. The Kier molecular flexibility index (Phi) is 10.9. The molecule has 1 saturated heterocycles. The van der Waals surface area contributed by atoms with Gasteiger partial charge in [-0.05, 0) is 23.6 Å². The second-order valence-electron chi connectivity index (χ2n) is 8.96. The Morgan fingerprint density at radius 1 is 0.703 bits per heavy atom. The van der Waals surface area contributed by atoms with Crippen LogP contribution in [0.2, 0.25) is 0 Å². The standard InChI is InChI=1S/C31H36O6/c1-2-3-19-34-31-28(32)30(36-22-26-17-11-6-12-18-26)29(35-21-25-15-9-5-10-16-25)27(37-31)23-33-20-24-13-7-4-8-14-24/h2-18,27-32H,19-23H2,1H3/b3-2+/t27-,28-,29-,30-,31+/m1/s1. The first-order valence-corrected chi connectivity index (χ1v) is 12.7. The summed E-state index contributed by atoms with van der Waals surface area (Å²) < 4.78 is 30.8. The zero-order valence-corrected chi connectivity index (χ0v) is 21.2. The molecule has 0 bridgehead atoms. The highest BCUT2D eigenvalue weighted by atomic mass is 16.7. The van der Waals surface area contributed by atoms with Gasteiger partial charge in [-0.1, -0.05) is 103 Å². The number of aliphatic hydroxyl groups excluding tert-OH is 1. The number of benzene rings is 3. The summed E-state index contributed by atoms with van der Waals surface area (Å²) >= 11 is 0. The van der Waals surface area contributed by atoms with E-state index in [-0.39, 0.29) is 6.61 Å². The normalized spacial score (nSPS) is 23.9. The van der Waals surface area contributed by atoms with Crippen molar-refractivity contribution in [3.05, 3.63) is 120 Å². The number of hydrogen-bond acceptors (Lipinski definition) is 6. The lowest BCUT2D eigenvalue weighted by molar-refractivity contribution is -0.316. The summed E-state index contributed by atoms with van der Waals surface area (Å²) in [6.07, 6.45) is 0.0839. The fourth-order valence-corrected chi connectivity index (χ4v) is 4.21. The second kappa shape index (κ2) is 14.8. The molecule has 0 aliphatic carbocycles. The smallest absolute Gasteiger partial charge is 0.187 e. The molecular formula is C31H36O6. The molecule has 0 spiro atoms. The number of rotatable bonds is 13. The Labute approximate surface area is 219 Å². The third-order valence-corrected chi connectivity index (χ3v) is 6.17. The maximum absolute atomic E-state index is 11.3.